The fraction of sp³-hybridized carbons (Fsp3) is 0. The van der Waals surface area contributed by atoms with E-state index in [0.29, 0.717) is 11.5 Å². The van der Waals surface area contributed by atoms with Gasteiger partial charge in [0.2, 0.25) is 0 Å². The van der Waals surface area contributed by atoms with Gasteiger partial charge in [-0.15, -0.1) is 0 Å². The average Bonchev–Trinajstić information content (AvgIpc) is 2.31. The number of carboxylic acid groups (broad SMARTS) is 1. The second-order valence-corrected chi connectivity index (χ2v) is 3.23. The van der Waals surface area contributed by atoms with Gasteiger partial charge in [-0.1, -0.05) is 18.2 Å². The van der Waals surface area contributed by atoms with Crippen molar-refractivity contribution in [1.82, 2.24) is 0 Å². The van der Waals surface area contributed by atoms with Crippen LogP contribution in [0.1, 0.15) is 10.4 Å². The van der Waals surface area contributed by atoms with Gasteiger partial charge in [0.15, 0.2) is 0 Å². The maximum absolute atomic E-state index is 10.5. The number of rotatable bonds is 3. The van der Waals surface area contributed by atoms with Gasteiger partial charge >= 0.3 is 68.9 Å². The molecule has 0 heterocycles. The third-order valence-electron chi connectivity index (χ3n) is 2.07. The molecule has 4 heteroatoms. The molecule has 0 aromatic heterocycles. The van der Waals surface area contributed by atoms with Gasteiger partial charge < -0.3 is 14.6 Å². The number of carboxylic acids is 1. The minimum atomic E-state index is -1.19. The van der Waals surface area contributed by atoms with Crippen molar-refractivity contribution in [2.45, 2.75) is 0 Å². The average molecular weight is 346 g/mol. The number of hydrogen-bond donors (Lipinski definition) is 0. The first kappa shape index (κ1) is 14.8. The van der Waals surface area contributed by atoms with Crippen LogP contribution in [0, 0.1) is 0 Å². The third-order valence-corrected chi connectivity index (χ3v) is 2.07. The number of para-hydroxylation sites is 1. The van der Waals surface area contributed by atoms with Crippen LogP contribution in [0.5, 0.6) is 11.5 Å². The Kier molecular flexibility index (Phi) is 6.32. The Hall–Kier alpha value is -0.238. The molecule has 2 aromatic carbocycles. The molecule has 2 aromatic rings. The van der Waals surface area contributed by atoms with Gasteiger partial charge in [-0.25, -0.2) is 0 Å². The summed E-state index contributed by atoms with van der Waals surface area (Å²) in [6.07, 6.45) is 0. The Labute approximate surface area is 158 Å². The largest absolute Gasteiger partial charge is 1.00 e. The molecule has 0 unspecified atom stereocenters. The summed E-state index contributed by atoms with van der Waals surface area (Å²) in [5.41, 5.74) is 0.139. The van der Waals surface area contributed by atoms with E-state index in [2.05, 4.69) is 0 Å². The van der Waals surface area contributed by atoms with E-state index >= 15 is 0 Å². The molecule has 0 N–H and O–H groups in total. The van der Waals surface area contributed by atoms with E-state index < -0.39 is 5.97 Å². The van der Waals surface area contributed by atoms with E-state index in [1.165, 1.54) is 12.1 Å². The molecule has 0 fully saturated rings. The van der Waals surface area contributed by atoms with Gasteiger partial charge in [0.05, 0.1) is 5.97 Å². The predicted molar refractivity (Wildman–Crippen MR) is 57.3 cm³/mol. The summed E-state index contributed by atoms with van der Waals surface area (Å²) in [4.78, 5) is 10.5. The second kappa shape index (κ2) is 7.25. The maximum atomic E-state index is 10.5. The zero-order valence-corrected chi connectivity index (χ0v) is 15.7. The predicted octanol–water partition coefficient (Wildman–Crippen LogP) is -1.15. The van der Waals surface area contributed by atoms with Crippen LogP contribution in [0.15, 0.2) is 54.6 Å². The molecule has 0 aliphatic carbocycles. The number of hydrogen-bond acceptors (Lipinski definition) is 3. The molecule has 0 saturated carbocycles. The molecule has 0 radical (unpaired) electrons. The molecule has 0 aliphatic rings. The quantitative estimate of drug-likeness (QED) is 0.705. The van der Waals surface area contributed by atoms with Crippen LogP contribution in [-0.2, 0) is 0 Å². The molecule has 0 spiro atoms. The Bertz CT molecular complexity index is 480. The van der Waals surface area contributed by atoms with Crippen LogP contribution in [0.2, 0.25) is 0 Å². The van der Waals surface area contributed by atoms with Crippen LogP contribution in [0.4, 0.5) is 0 Å². The molecule has 0 atom stereocenters. The molecule has 80 valence electrons. The minimum Gasteiger partial charge on any atom is -0.545 e. The smallest absolute Gasteiger partial charge is 0.545 e. The van der Waals surface area contributed by atoms with E-state index in [0.717, 1.165) is 0 Å². The van der Waals surface area contributed by atoms with Gasteiger partial charge in [-0.05, 0) is 42.0 Å². The van der Waals surface area contributed by atoms with Crippen LogP contribution in [0.3, 0.4) is 0 Å². The number of benzene rings is 2. The van der Waals surface area contributed by atoms with Crippen molar-refractivity contribution in [2.75, 3.05) is 0 Å². The summed E-state index contributed by atoms with van der Waals surface area (Å²) < 4.78 is 5.50. The second-order valence-electron chi connectivity index (χ2n) is 3.23. The summed E-state index contributed by atoms with van der Waals surface area (Å²) in [6, 6.07) is 15.4. The number of carbonyl (C=O) groups is 1. The van der Waals surface area contributed by atoms with E-state index in [1.807, 2.05) is 30.3 Å². The fourth-order valence-electron chi connectivity index (χ4n) is 1.28. The zero-order valence-electron chi connectivity index (χ0n) is 9.42. The van der Waals surface area contributed by atoms with E-state index in [4.69, 9.17) is 4.74 Å². The van der Waals surface area contributed by atoms with Crippen LogP contribution < -0.4 is 78.7 Å². The normalized spacial score (nSPS) is 9.18. The van der Waals surface area contributed by atoms with Crippen LogP contribution in [0.25, 0.3) is 0 Å². The van der Waals surface area contributed by atoms with Crippen molar-refractivity contribution < 1.29 is 83.5 Å². The molecule has 0 aliphatic heterocycles. The van der Waals surface area contributed by atoms with E-state index in [9.17, 15) is 9.90 Å². The molecule has 3 nitrogen and oxygen atoms in total. The first-order chi connectivity index (χ1) is 7.75. The fourth-order valence-corrected chi connectivity index (χ4v) is 1.28. The van der Waals surface area contributed by atoms with Gasteiger partial charge in [0.1, 0.15) is 11.5 Å². The van der Waals surface area contributed by atoms with Crippen LogP contribution >= 0.6 is 0 Å². The Morgan fingerprint density at radius 1 is 0.882 bits per heavy atom. The Morgan fingerprint density at radius 2 is 1.41 bits per heavy atom. The van der Waals surface area contributed by atoms with Crippen molar-refractivity contribution in [3.8, 4) is 11.5 Å². The molecule has 17 heavy (non-hydrogen) atoms. The first-order valence-corrected chi connectivity index (χ1v) is 4.80. The molecule has 0 amide bonds. The van der Waals surface area contributed by atoms with Crippen molar-refractivity contribution in [3.05, 3.63) is 60.2 Å². The molecule has 2 rings (SSSR count). The summed E-state index contributed by atoms with van der Waals surface area (Å²) in [5, 5.41) is 10.5. The van der Waals surface area contributed by atoms with Crippen molar-refractivity contribution in [1.29, 1.82) is 0 Å². The van der Waals surface area contributed by atoms with Gasteiger partial charge in [0, 0.05) is 0 Å². The SMILES string of the molecule is O=C([O-])c1ccc(Oc2ccccc2)cc1.[Cs+]. The van der Waals surface area contributed by atoms with Gasteiger partial charge in [-0.3, -0.25) is 0 Å². The summed E-state index contributed by atoms with van der Waals surface area (Å²) >= 11 is 0. The zero-order chi connectivity index (χ0) is 11.4. The summed E-state index contributed by atoms with van der Waals surface area (Å²) in [6.45, 7) is 0. The van der Waals surface area contributed by atoms with Crippen molar-refractivity contribution in [3.63, 3.8) is 0 Å². The summed E-state index contributed by atoms with van der Waals surface area (Å²) in [5.74, 6) is 0.117. The molecular formula is C13H9CsO3. The number of aromatic carboxylic acids is 1. The number of carbonyl (C=O) groups excluding carboxylic acids is 1. The topological polar surface area (TPSA) is 49.4 Å². The third kappa shape index (κ3) is 4.50. The van der Waals surface area contributed by atoms with Crippen molar-refractivity contribution in [2.24, 2.45) is 0 Å². The maximum Gasteiger partial charge on any atom is 1.00 e. The van der Waals surface area contributed by atoms with Gasteiger partial charge in [-0.2, -0.15) is 0 Å². The first-order valence-electron chi connectivity index (χ1n) is 4.80. The van der Waals surface area contributed by atoms with E-state index in [1.54, 1.807) is 12.1 Å². The Balaban J connectivity index is 0.00000144. The summed E-state index contributed by atoms with van der Waals surface area (Å²) in [7, 11) is 0. The van der Waals surface area contributed by atoms with Crippen molar-refractivity contribution >= 4 is 5.97 Å². The monoisotopic (exact) mass is 346 g/mol. The van der Waals surface area contributed by atoms with E-state index in [-0.39, 0.29) is 74.5 Å². The molecule has 0 saturated heterocycles. The standard InChI is InChI=1S/C13H10O3.Cs/c14-13(15)10-6-8-12(9-7-10)16-11-4-2-1-3-5-11;/h1-9H,(H,14,15);/q;+1/p-1. The van der Waals surface area contributed by atoms with Crippen LogP contribution in [-0.4, -0.2) is 5.97 Å². The molecule has 0 bridgehead atoms. The van der Waals surface area contributed by atoms with Gasteiger partial charge in [0.25, 0.3) is 0 Å². The Morgan fingerprint density at radius 3 is 1.94 bits per heavy atom. The number of ether oxygens (including phenoxy) is 1. The molecular weight excluding hydrogens is 337 g/mol. The minimum absolute atomic E-state index is 0.